The van der Waals surface area contributed by atoms with E-state index in [9.17, 15) is 23.6 Å². The quantitative estimate of drug-likeness (QED) is 0.243. The monoisotopic (exact) mass is 643 g/mol. The number of nitrogens with zero attached hydrogens (tertiary/aromatic N) is 2. The first kappa shape index (κ1) is 28.2. The van der Waals surface area contributed by atoms with E-state index in [0.717, 1.165) is 10.5 Å². The lowest BCUT2D eigenvalue weighted by atomic mass is 10.0. The maximum atomic E-state index is 14.5. The van der Waals surface area contributed by atoms with E-state index in [1.54, 1.807) is 73.6 Å². The van der Waals surface area contributed by atoms with Crippen LogP contribution in [0.1, 0.15) is 17.2 Å². The molecule has 1 unspecified atom stereocenters. The predicted molar refractivity (Wildman–Crippen MR) is 153 cm³/mol. The van der Waals surface area contributed by atoms with Crippen LogP contribution in [0.25, 0.3) is 0 Å². The molecule has 0 aliphatic carbocycles. The molecule has 1 saturated heterocycles. The zero-order valence-corrected chi connectivity index (χ0v) is 23.4. The van der Waals surface area contributed by atoms with Gasteiger partial charge in [0.1, 0.15) is 17.9 Å². The summed E-state index contributed by atoms with van der Waals surface area (Å²) in [6.07, 6.45) is 0.0430. The minimum atomic E-state index is -1.23. The van der Waals surface area contributed by atoms with Gasteiger partial charge in [-0.2, -0.15) is 0 Å². The van der Waals surface area contributed by atoms with Gasteiger partial charge in [0.25, 0.3) is 5.91 Å². The Labute approximate surface area is 238 Å². The van der Waals surface area contributed by atoms with E-state index in [4.69, 9.17) is 0 Å². The summed E-state index contributed by atoms with van der Waals surface area (Å²) in [5.74, 6) is -2.12. The Bertz CT molecular complexity index is 1380. The number of benzene rings is 3. The van der Waals surface area contributed by atoms with Gasteiger partial charge in [-0.25, -0.2) is 14.1 Å². The highest BCUT2D eigenvalue weighted by Gasteiger charge is 2.45. The fourth-order valence-electron chi connectivity index (χ4n) is 4.21. The molecule has 3 aromatic rings. The van der Waals surface area contributed by atoms with E-state index in [0.29, 0.717) is 14.8 Å². The van der Waals surface area contributed by atoms with Gasteiger partial charge in [-0.1, -0.05) is 42.5 Å². The molecule has 0 radical (unpaired) electrons. The number of imide groups is 1. The molecule has 9 nitrogen and oxygen atoms in total. The van der Waals surface area contributed by atoms with Crippen LogP contribution in [0, 0.1) is 9.39 Å². The molecule has 0 aromatic heterocycles. The number of likely N-dealkylation sites (N-methyl/N-ethyl adjacent to an activating group) is 1. The summed E-state index contributed by atoms with van der Waals surface area (Å²) in [6.45, 7) is 0.213. The summed E-state index contributed by atoms with van der Waals surface area (Å²) >= 11 is 1.96. The zero-order valence-electron chi connectivity index (χ0n) is 21.3. The van der Waals surface area contributed by atoms with Gasteiger partial charge in [0.2, 0.25) is 11.8 Å². The average molecular weight is 643 g/mol. The lowest BCUT2D eigenvalue weighted by Crippen LogP contribution is -2.49. The first-order valence-corrected chi connectivity index (χ1v) is 13.2. The largest absolute Gasteiger partial charge is 0.325 e. The SMILES string of the molecule is CN(C)CC(=O)Nc1ccc([C@H]2NC(=O)N(C(Cc3ccccc3)C(=O)Nc3ccc(I)cc3F)C2=O)cc1. The second kappa shape index (κ2) is 12.3. The van der Waals surface area contributed by atoms with Crippen molar-refractivity contribution in [3.8, 4) is 0 Å². The van der Waals surface area contributed by atoms with E-state index in [2.05, 4.69) is 16.0 Å². The minimum absolute atomic E-state index is 0.0430. The first-order valence-electron chi connectivity index (χ1n) is 12.1. The van der Waals surface area contributed by atoms with Crippen molar-refractivity contribution in [1.29, 1.82) is 0 Å². The fourth-order valence-corrected chi connectivity index (χ4v) is 4.66. The molecular weight excluding hydrogens is 616 g/mol. The van der Waals surface area contributed by atoms with Gasteiger partial charge in [-0.15, -0.1) is 0 Å². The van der Waals surface area contributed by atoms with Crippen LogP contribution < -0.4 is 16.0 Å². The van der Waals surface area contributed by atoms with Gasteiger partial charge < -0.3 is 20.9 Å². The zero-order chi connectivity index (χ0) is 28.1. The van der Waals surface area contributed by atoms with Gasteiger partial charge in [-0.3, -0.25) is 14.4 Å². The second-order valence-corrected chi connectivity index (χ2v) is 10.6. The van der Waals surface area contributed by atoms with Crippen LogP contribution in [0.15, 0.2) is 72.8 Å². The molecule has 11 heteroatoms. The Balaban J connectivity index is 1.56. The van der Waals surface area contributed by atoms with Crippen LogP contribution in [0.3, 0.4) is 0 Å². The van der Waals surface area contributed by atoms with Crippen LogP contribution in [0.5, 0.6) is 0 Å². The topological polar surface area (TPSA) is 111 Å². The summed E-state index contributed by atoms with van der Waals surface area (Å²) in [5.41, 5.74) is 1.71. The summed E-state index contributed by atoms with van der Waals surface area (Å²) in [6, 6.07) is 16.9. The van der Waals surface area contributed by atoms with Crippen molar-refractivity contribution in [3.05, 3.63) is 93.3 Å². The maximum absolute atomic E-state index is 14.5. The molecule has 202 valence electrons. The Morgan fingerprint density at radius 1 is 1.03 bits per heavy atom. The lowest BCUT2D eigenvalue weighted by Gasteiger charge is -2.25. The Hall–Kier alpha value is -3.84. The number of amides is 5. The van der Waals surface area contributed by atoms with E-state index in [1.807, 2.05) is 28.7 Å². The molecule has 39 heavy (non-hydrogen) atoms. The number of rotatable bonds is 9. The Morgan fingerprint density at radius 3 is 2.36 bits per heavy atom. The number of hydrogen-bond donors (Lipinski definition) is 3. The number of carbonyl (C=O) groups excluding carboxylic acids is 4. The number of carbonyl (C=O) groups is 4. The van der Waals surface area contributed by atoms with E-state index in [1.165, 1.54) is 12.1 Å². The van der Waals surface area contributed by atoms with Crippen molar-refractivity contribution in [2.75, 3.05) is 31.3 Å². The third-order valence-electron chi connectivity index (χ3n) is 6.03. The van der Waals surface area contributed by atoms with E-state index < -0.39 is 35.7 Å². The summed E-state index contributed by atoms with van der Waals surface area (Å²) < 4.78 is 15.1. The highest BCUT2D eigenvalue weighted by Crippen LogP contribution is 2.27. The molecule has 5 amide bonds. The lowest BCUT2D eigenvalue weighted by molar-refractivity contribution is -0.134. The van der Waals surface area contributed by atoms with Gasteiger partial charge in [0, 0.05) is 15.7 Å². The molecule has 4 rings (SSSR count). The van der Waals surface area contributed by atoms with Crippen molar-refractivity contribution < 1.29 is 23.6 Å². The molecule has 3 N–H and O–H groups in total. The van der Waals surface area contributed by atoms with Gasteiger partial charge in [0.05, 0.1) is 12.2 Å². The summed E-state index contributed by atoms with van der Waals surface area (Å²) in [7, 11) is 3.57. The van der Waals surface area contributed by atoms with Crippen LogP contribution in [0.4, 0.5) is 20.6 Å². The number of hydrogen-bond acceptors (Lipinski definition) is 5. The molecule has 1 heterocycles. The van der Waals surface area contributed by atoms with Gasteiger partial charge in [0.15, 0.2) is 0 Å². The van der Waals surface area contributed by atoms with Crippen molar-refractivity contribution in [2.45, 2.75) is 18.5 Å². The van der Waals surface area contributed by atoms with Crippen LogP contribution >= 0.6 is 22.6 Å². The molecule has 1 aliphatic rings. The smallest absolute Gasteiger partial charge is 0.325 e. The molecule has 1 aliphatic heterocycles. The first-order chi connectivity index (χ1) is 18.6. The molecule has 0 bridgehead atoms. The second-order valence-electron chi connectivity index (χ2n) is 9.32. The van der Waals surface area contributed by atoms with E-state index in [-0.39, 0.29) is 24.6 Å². The Kier molecular flexibility index (Phi) is 8.92. The van der Waals surface area contributed by atoms with E-state index >= 15 is 0 Å². The van der Waals surface area contributed by atoms with Crippen LogP contribution in [-0.2, 0) is 20.8 Å². The van der Waals surface area contributed by atoms with Gasteiger partial charge >= 0.3 is 6.03 Å². The Morgan fingerprint density at radius 2 is 1.72 bits per heavy atom. The van der Waals surface area contributed by atoms with Crippen molar-refractivity contribution in [3.63, 3.8) is 0 Å². The van der Waals surface area contributed by atoms with Gasteiger partial charge in [-0.05, 0) is 78.1 Å². The minimum Gasteiger partial charge on any atom is -0.325 e. The highest BCUT2D eigenvalue weighted by atomic mass is 127. The molecular formula is C28H27FIN5O4. The highest BCUT2D eigenvalue weighted by molar-refractivity contribution is 14.1. The average Bonchev–Trinajstić information content (AvgIpc) is 3.18. The molecule has 0 spiro atoms. The number of anilines is 2. The molecule has 3 aromatic carbocycles. The predicted octanol–water partition coefficient (Wildman–Crippen LogP) is 3.77. The normalized spacial score (nSPS) is 15.7. The van der Waals surface area contributed by atoms with Crippen molar-refractivity contribution in [1.82, 2.24) is 15.1 Å². The number of urea groups is 1. The third-order valence-corrected chi connectivity index (χ3v) is 6.70. The number of halogens is 2. The molecule has 1 fully saturated rings. The maximum Gasteiger partial charge on any atom is 0.325 e. The van der Waals surface area contributed by atoms with Crippen molar-refractivity contribution >= 4 is 57.7 Å². The van der Waals surface area contributed by atoms with Crippen LogP contribution in [0.2, 0.25) is 0 Å². The molecule has 0 saturated carbocycles. The fraction of sp³-hybridized carbons (Fsp3) is 0.214. The summed E-state index contributed by atoms with van der Waals surface area (Å²) in [5, 5.41) is 7.95. The van der Waals surface area contributed by atoms with Crippen molar-refractivity contribution in [2.24, 2.45) is 0 Å². The van der Waals surface area contributed by atoms with Crippen LogP contribution in [-0.4, -0.2) is 60.2 Å². The summed E-state index contributed by atoms with van der Waals surface area (Å²) in [4.78, 5) is 54.6. The number of nitrogens with one attached hydrogen (secondary N) is 3. The molecule has 2 atom stereocenters. The standard InChI is InChI=1S/C28H27FIN5O4/c1-34(2)16-24(36)31-20-11-8-18(9-12-20)25-27(38)35(28(39)33-25)23(14-17-6-4-3-5-7-17)26(37)32-22-13-10-19(30)15-21(22)29/h3-13,15,23,25H,14,16H2,1-2H3,(H,31,36)(H,32,37)(H,33,39)/t23?,25-/m1/s1. The third kappa shape index (κ3) is 6.98.